The molecule has 0 fully saturated rings. The molecule has 0 aromatic carbocycles. The Hall–Kier alpha value is -1.36. The molecule has 0 saturated heterocycles. The fourth-order valence-corrected chi connectivity index (χ4v) is 1.66. The molecule has 0 saturated carbocycles. The van der Waals surface area contributed by atoms with Crippen molar-refractivity contribution in [3.8, 4) is 0 Å². The maximum absolute atomic E-state index is 10.5. The van der Waals surface area contributed by atoms with Crippen molar-refractivity contribution in [2.45, 2.75) is 6.42 Å². The van der Waals surface area contributed by atoms with E-state index in [-0.39, 0.29) is 6.42 Å². The van der Waals surface area contributed by atoms with Crippen LogP contribution in [0.2, 0.25) is 0 Å². The summed E-state index contributed by atoms with van der Waals surface area (Å²) in [5.74, 6) is -0.462. The van der Waals surface area contributed by atoms with Gasteiger partial charge in [-0.05, 0) is 10.9 Å². The van der Waals surface area contributed by atoms with Gasteiger partial charge in [-0.1, -0.05) is 0 Å². The van der Waals surface area contributed by atoms with E-state index in [1.807, 2.05) is 0 Å². The molecular formula is C7H8N2O2S. The zero-order chi connectivity index (χ0) is 9.14. The minimum atomic E-state index is -0.462. The van der Waals surface area contributed by atoms with Gasteiger partial charge in [0.2, 0.25) is 5.91 Å². The average Bonchev–Trinajstić information content (AvgIpc) is 2.30. The number of thiophene rings is 1. The predicted molar refractivity (Wildman–Crippen MR) is 47.0 cm³/mol. The van der Waals surface area contributed by atoms with Crippen molar-refractivity contribution in [2.75, 3.05) is 5.73 Å². The molecule has 1 aromatic rings. The van der Waals surface area contributed by atoms with Crippen LogP contribution in [0.4, 0.5) is 5.00 Å². The molecular weight excluding hydrogens is 176 g/mol. The van der Waals surface area contributed by atoms with Crippen molar-refractivity contribution in [1.29, 1.82) is 0 Å². The van der Waals surface area contributed by atoms with E-state index >= 15 is 0 Å². The summed E-state index contributed by atoms with van der Waals surface area (Å²) in [6, 6.07) is 0. The summed E-state index contributed by atoms with van der Waals surface area (Å²) in [4.78, 5) is 21.0. The van der Waals surface area contributed by atoms with E-state index in [0.29, 0.717) is 22.4 Å². The Labute approximate surface area is 73.2 Å². The maximum atomic E-state index is 10.5. The lowest BCUT2D eigenvalue weighted by Crippen LogP contribution is -2.14. The van der Waals surface area contributed by atoms with Gasteiger partial charge in [-0.15, -0.1) is 11.3 Å². The number of aldehydes is 1. The molecule has 12 heavy (non-hydrogen) atoms. The van der Waals surface area contributed by atoms with Crippen LogP contribution in [0.1, 0.15) is 15.9 Å². The molecule has 1 rings (SSSR count). The van der Waals surface area contributed by atoms with Gasteiger partial charge in [-0.3, -0.25) is 9.59 Å². The largest absolute Gasteiger partial charge is 0.390 e. The lowest BCUT2D eigenvalue weighted by molar-refractivity contribution is -0.117. The summed E-state index contributed by atoms with van der Waals surface area (Å²) in [6.45, 7) is 0. The number of nitrogens with two attached hydrogens (primary N) is 2. The highest BCUT2D eigenvalue weighted by molar-refractivity contribution is 7.14. The molecule has 1 amide bonds. The number of carbonyl (C=O) groups is 2. The van der Waals surface area contributed by atoms with Crippen LogP contribution in [0, 0.1) is 0 Å². The zero-order valence-corrected chi connectivity index (χ0v) is 7.06. The average molecular weight is 184 g/mol. The molecule has 0 spiro atoms. The fraction of sp³-hybridized carbons (Fsp3) is 0.143. The normalized spacial score (nSPS) is 9.67. The molecule has 4 N–H and O–H groups in total. The molecule has 1 heterocycles. The number of hydrogen-bond acceptors (Lipinski definition) is 4. The second-order valence-corrected chi connectivity index (χ2v) is 3.21. The summed E-state index contributed by atoms with van der Waals surface area (Å²) in [5.41, 5.74) is 11.4. The molecule has 0 unspecified atom stereocenters. The fourth-order valence-electron chi connectivity index (χ4n) is 0.878. The van der Waals surface area contributed by atoms with Crippen LogP contribution in [-0.4, -0.2) is 12.2 Å². The summed E-state index contributed by atoms with van der Waals surface area (Å²) in [6.07, 6.45) is 0.714. The van der Waals surface area contributed by atoms with Gasteiger partial charge in [0.1, 0.15) is 0 Å². The van der Waals surface area contributed by atoms with Gasteiger partial charge in [-0.2, -0.15) is 0 Å². The number of nitrogen functional groups attached to an aromatic ring is 1. The molecule has 0 atom stereocenters. The van der Waals surface area contributed by atoms with Crippen LogP contribution in [0.15, 0.2) is 5.38 Å². The van der Waals surface area contributed by atoms with Crippen molar-refractivity contribution < 1.29 is 9.59 Å². The minimum Gasteiger partial charge on any atom is -0.390 e. The third kappa shape index (κ3) is 1.62. The first-order valence-corrected chi connectivity index (χ1v) is 4.12. The quantitative estimate of drug-likeness (QED) is 0.656. The van der Waals surface area contributed by atoms with Crippen molar-refractivity contribution in [1.82, 2.24) is 0 Å². The van der Waals surface area contributed by atoms with E-state index in [9.17, 15) is 9.59 Å². The summed E-state index contributed by atoms with van der Waals surface area (Å²) < 4.78 is 0. The Bertz CT molecular complexity index is 319. The third-order valence-electron chi connectivity index (χ3n) is 1.42. The second-order valence-electron chi connectivity index (χ2n) is 2.30. The third-order valence-corrected chi connectivity index (χ3v) is 2.30. The Morgan fingerprint density at radius 2 is 2.33 bits per heavy atom. The maximum Gasteiger partial charge on any atom is 0.221 e. The highest BCUT2D eigenvalue weighted by Gasteiger charge is 2.09. The van der Waals surface area contributed by atoms with E-state index in [0.717, 1.165) is 0 Å². The highest BCUT2D eigenvalue weighted by atomic mass is 32.1. The lowest BCUT2D eigenvalue weighted by atomic mass is 10.1. The second kappa shape index (κ2) is 3.36. The first-order chi connectivity index (χ1) is 5.65. The van der Waals surface area contributed by atoms with Crippen molar-refractivity contribution in [3.63, 3.8) is 0 Å². The number of hydrogen-bond donors (Lipinski definition) is 2. The van der Waals surface area contributed by atoms with Gasteiger partial charge in [0.15, 0.2) is 6.29 Å². The number of carbonyl (C=O) groups excluding carboxylic acids is 2. The van der Waals surface area contributed by atoms with E-state index in [1.54, 1.807) is 5.38 Å². The van der Waals surface area contributed by atoms with E-state index in [2.05, 4.69) is 0 Å². The van der Waals surface area contributed by atoms with Gasteiger partial charge in [0, 0.05) is 0 Å². The van der Waals surface area contributed by atoms with E-state index in [4.69, 9.17) is 11.5 Å². The zero-order valence-electron chi connectivity index (χ0n) is 6.24. The van der Waals surface area contributed by atoms with Gasteiger partial charge < -0.3 is 11.5 Å². The van der Waals surface area contributed by atoms with Crippen LogP contribution in [0.3, 0.4) is 0 Å². The van der Waals surface area contributed by atoms with Crippen LogP contribution in [-0.2, 0) is 11.2 Å². The summed E-state index contributed by atoms with van der Waals surface area (Å²) >= 11 is 1.24. The van der Waals surface area contributed by atoms with Crippen molar-refractivity contribution >= 4 is 28.5 Å². The van der Waals surface area contributed by atoms with Crippen LogP contribution >= 0.6 is 11.3 Å². The van der Waals surface area contributed by atoms with Gasteiger partial charge in [0.25, 0.3) is 0 Å². The van der Waals surface area contributed by atoms with Crippen LogP contribution in [0.25, 0.3) is 0 Å². The smallest absolute Gasteiger partial charge is 0.221 e. The molecule has 4 nitrogen and oxygen atoms in total. The molecule has 64 valence electrons. The van der Waals surface area contributed by atoms with Crippen LogP contribution < -0.4 is 11.5 Å². The topological polar surface area (TPSA) is 86.2 Å². The standard InChI is InChI=1S/C7H8N2O2S/c8-6(11)1-4-3-12-7(9)5(4)2-10/h2-3H,1,9H2,(H2,8,11). The lowest BCUT2D eigenvalue weighted by Gasteiger charge is -1.93. The Balaban J connectivity index is 2.99. The molecule has 0 radical (unpaired) electrons. The number of anilines is 1. The number of rotatable bonds is 3. The Morgan fingerprint density at radius 3 is 2.83 bits per heavy atom. The van der Waals surface area contributed by atoms with Gasteiger partial charge in [0.05, 0.1) is 17.0 Å². The van der Waals surface area contributed by atoms with Crippen LogP contribution in [0.5, 0.6) is 0 Å². The number of amides is 1. The van der Waals surface area contributed by atoms with E-state index < -0.39 is 5.91 Å². The first kappa shape index (κ1) is 8.73. The number of primary amides is 1. The van der Waals surface area contributed by atoms with Gasteiger partial charge in [-0.25, -0.2) is 0 Å². The van der Waals surface area contributed by atoms with Crippen molar-refractivity contribution in [3.05, 3.63) is 16.5 Å². The van der Waals surface area contributed by atoms with E-state index in [1.165, 1.54) is 11.3 Å². The minimum absolute atomic E-state index is 0.0712. The molecule has 0 aliphatic carbocycles. The molecule has 0 aliphatic heterocycles. The molecule has 1 aromatic heterocycles. The summed E-state index contributed by atoms with van der Waals surface area (Å²) in [5, 5.41) is 2.10. The highest BCUT2D eigenvalue weighted by Crippen LogP contribution is 2.23. The SMILES string of the molecule is NC(=O)Cc1csc(N)c1C=O. The summed E-state index contributed by atoms with van der Waals surface area (Å²) in [7, 11) is 0. The predicted octanol–water partition coefficient (Wildman–Crippen LogP) is 0.171. The first-order valence-electron chi connectivity index (χ1n) is 3.24. The Kier molecular flexibility index (Phi) is 2.44. The molecule has 0 bridgehead atoms. The monoisotopic (exact) mass is 184 g/mol. The van der Waals surface area contributed by atoms with Gasteiger partial charge >= 0.3 is 0 Å². The van der Waals surface area contributed by atoms with Crippen molar-refractivity contribution in [2.24, 2.45) is 5.73 Å². The molecule has 0 aliphatic rings. The molecule has 5 heteroatoms. The Morgan fingerprint density at radius 1 is 1.67 bits per heavy atom.